The summed E-state index contributed by atoms with van der Waals surface area (Å²) in [4.78, 5) is 2.80. The highest BCUT2D eigenvalue weighted by atomic mass is 32.2. The van der Waals surface area contributed by atoms with Crippen molar-refractivity contribution in [3.8, 4) is 0 Å². The first-order valence-electron chi connectivity index (χ1n) is 6.83. The van der Waals surface area contributed by atoms with Crippen LogP contribution in [-0.2, 0) is 10.1 Å². The van der Waals surface area contributed by atoms with Gasteiger partial charge in [-0.25, -0.2) is 0 Å². The number of rotatable bonds is 5. The average molecular weight is 340 g/mol. The van der Waals surface area contributed by atoms with Crippen LogP contribution in [0.2, 0.25) is 0 Å². The molecule has 1 aliphatic heterocycles. The number of hydrogen-bond donors (Lipinski definition) is 1. The molecule has 0 aromatic heterocycles. The molecule has 0 radical (unpaired) electrons. The summed E-state index contributed by atoms with van der Waals surface area (Å²) in [5, 5.41) is 13.1. The molecule has 0 unspecified atom stereocenters. The Balaban J connectivity index is 2.14. The van der Waals surface area contributed by atoms with Crippen molar-refractivity contribution in [2.45, 2.75) is 19.8 Å². The molecule has 2 rings (SSSR count). The molecule has 5 nitrogen and oxygen atoms in total. The van der Waals surface area contributed by atoms with Gasteiger partial charge in [-0.05, 0) is 25.3 Å². The van der Waals surface area contributed by atoms with E-state index in [1.165, 1.54) is 11.8 Å². The lowest BCUT2D eigenvalue weighted by Crippen LogP contribution is -2.15. The van der Waals surface area contributed by atoms with E-state index in [9.17, 15) is 13.5 Å². The van der Waals surface area contributed by atoms with Crippen LogP contribution in [0, 0.1) is 0 Å². The molecule has 0 amide bonds. The van der Waals surface area contributed by atoms with Gasteiger partial charge in [0.15, 0.2) is 0 Å². The minimum atomic E-state index is -3.94. The third-order valence-electron chi connectivity index (χ3n) is 3.47. The number of nitrogens with zero attached hydrogens (tertiary/aromatic N) is 1. The molecule has 1 aromatic rings. The summed E-state index contributed by atoms with van der Waals surface area (Å²) in [5.41, 5.74) is 1.57. The molecule has 0 atom stereocenters. The topological polar surface area (TPSA) is 80.7 Å². The molecule has 1 heterocycles. The molecule has 22 heavy (non-hydrogen) atoms. The molecule has 120 valence electrons. The van der Waals surface area contributed by atoms with E-state index in [0.29, 0.717) is 23.4 Å². The molecule has 0 spiro atoms. The number of hydrogen-bond acceptors (Lipinski definition) is 5. The molecule has 1 aliphatic rings. The van der Waals surface area contributed by atoms with Crippen molar-refractivity contribution in [2.75, 3.05) is 12.8 Å². The zero-order valence-electron chi connectivity index (χ0n) is 12.4. The zero-order chi connectivity index (χ0) is 16.3. The van der Waals surface area contributed by atoms with Crippen LogP contribution in [0.4, 0.5) is 0 Å². The Bertz CT molecular complexity index is 708. The molecular weight excluding hydrogens is 322 g/mol. The van der Waals surface area contributed by atoms with E-state index in [0.717, 1.165) is 10.6 Å². The normalized spacial score (nSPS) is 18.0. The number of allylic oxidation sites excluding steroid dienone is 2. The van der Waals surface area contributed by atoms with Crippen molar-refractivity contribution < 1.29 is 18.1 Å². The van der Waals surface area contributed by atoms with Crippen LogP contribution >= 0.6 is 11.8 Å². The van der Waals surface area contributed by atoms with Gasteiger partial charge in [0, 0.05) is 17.6 Å². The fourth-order valence-electron chi connectivity index (χ4n) is 2.16. The first-order valence-corrected chi connectivity index (χ1v) is 9.25. The van der Waals surface area contributed by atoms with Crippen LogP contribution in [0.15, 0.2) is 46.0 Å². The summed E-state index contributed by atoms with van der Waals surface area (Å²) in [5.74, 6) is -0.312. The Kier molecular flexibility index (Phi) is 5.20. The van der Waals surface area contributed by atoms with E-state index < -0.39 is 10.1 Å². The van der Waals surface area contributed by atoms with Crippen LogP contribution in [-0.4, -0.2) is 30.7 Å². The smallest absolute Gasteiger partial charge is 0.264 e. The van der Waals surface area contributed by atoms with Gasteiger partial charge in [-0.2, -0.15) is 8.42 Å². The van der Waals surface area contributed by atoms with Crippen molar-refractivity contribution in [2.24, 2.45) is 0 Å². The summed E-state index contributed by atoms with van der Waals surface area (Å²) in [6, 6.07) is 9.05. The molecule has 0 fully saturated rings. The van der Waals surface area contributed by atoms with Crippen LogP contribution in [0.3, 0.4) is 0 Å². The van der Waals surface area contributed by atoms with Crippen molar-refractivity contribution in [3.63, 3.8) is 0 Å². The van der Waals surface area contributed by atoms with Gasteiger partial charge in [-0.1, -0.05) is 47.9 Å². The summed E-state index contributed by atoms with van der Waals surface area (Å²) < 4.78 is 30.3. The lowest BCUT2D eigenvalue weighted by molar-refractivity contribution is -0.245. The molecule has 1 N–H and O–H groups in total. The van der Waals surface area contributed by atoms with Gasteiger partial charge in [-0.15, -0.1) is 0 Å². The largest absolute Gasteiger partial charge is 0.870 e. The summed E-state index contributed by atoms with van der Waals surface area (Å²) in [6.07, 6.45) is 0.853. The van der Waals surface area contributed by atoms with E-state index in [-0.39, 0.29) is 11.5 Å². The number of benzene rings is 1. The van der Waals surface area contributed by atoms with Crippen molar-refractivity contribution in [3.05, 3.63) is 51.5 Å². The van der Waals surface area contributed by atoms with Gasteiger partial charge >= 0.3 is 0 Å². The van der Waals surface area contributed by atoms with Crippen molar-refractivity contribution >= 4 is 27.6 Å². The predicted octanol–water partition coefficient (Wildman–Crippen LogP) is 2.25. The third-order valence-corrected chi connectivity index (χ3v) is 5.67. The Morgan fingerprint density at radius 2 is 1.95 bits per heavy atom. The minimum Gasteiger partial charge on any atom is -0.870 e. The summed E-state index contributed by atoms with van der Waals surface area (Å²) in [7, 11) is -2.11. The Labute approximate surface area is 135 Å². The summed E-state index contributed by atoms with van der Waals surface area (Å²) in [6.45, 7) is 1.90. The predicted molar refractivity (Wildman–Crippen MR) is 87.1 cm³/mol. The van der Waals surface area contributed by atoms with Gasteiger partial charge in [0.2, 0.25) is 0 Å². The van der Waals surface area contributed by atoms with Gasteiger partial charge in [0.1, 0.15) is 0 Å². The van der Waals surface area contributed by atoms with Crippen molar-refractivity contribution in [1.29, 1.82) is 0 Å². The lowest BCUT2D eigenvalue weighted by Gasteiger charge is -2.22. The first-order chi connectivity index (χ1) is 10.3. The van der Waals surface area contributed by atoms with Gasteiger partial charge in [0.05, 0.1) is 10.8 Å². The zero-order valence-corrected chi connectivity index (χ0v) is 14.1. The average Bonchev–Trinajstić information content (AvgIpc) is 2.75. The van der Waals surface area contributed by atoms with Crippen LogP contribution in [0.25, 0.3) is 5.76 Å². The molecule has 1 aromatic carbocycles. The number of thioether (sulfide) groups is 1. The molecule has 0 bridgehead atoms. The maximum absolute atomic E-state index is 12.5. The van der Waals surface area contributed by atoms with Gasteiger partial charge in [-0.3, -0.25) is 4.55 Å². The van der Waals surface area contributed by atoms with Crippen LogP contribution in [0.5, 0.6) is 0 Å². The van der Waals surface area contributed by atoms with E-state index in [2.05, 4.69) is 0 Å². The Morgan fingerprint density at radius 1 is 1.32 bits per heavy atom. The van der Waals surface area contributed by atoms with E-state index >= 15 is 0 Å². The fraction of sp³-hybridized carbons (Fsp3) is 0.333. The quantitative estimate of drug-likeness (QED) is 0.654. The molecular formula is C15H18NO4S2-. The molecule has 0 aliphatic carbocycles. The Hall–Kier alpha value is -1.44. The highest BCUT2D eigenvalue weighted by molar-refractivity contribution is 8.07. The Morgan fingerprint density at radius 3 is 2.55 bits per heavy atom. The second kappa shape index (κ2) is 6.76. The second-order valence-electron chi connectivity index (χ2n) is 5.06. The fourth-order valence-corrected chi connectivity index (χ4v) is 3.92. The van der Waals surface area contributed by atoms with Crippen LogP contribution < -0.4 is 5.11 Å². The standard InChI is InChI=1S/C15H19NO4S2/c1-11-13(9-6-10-22(18,19)20)21-15(16(11)2)14(17)12-7-4-3-5-8-12/h3-5,7-8,17H,6,9-10H2,1-2H3,(H,18,19,20)/p-1/b15-14+. The first kappa shape index (κ1) is 16.9. The second-order valence-corrected chi connectivity index (χ2v) is 7.72. The highest BCUT2D eigenvalue weighted by Gasteiger charge is 2.23. The van der Waals surface area contributed by atoms with Gasteiger partial charge in [0.25, 0.3) is 10.1 Å². The van der Waals surface area contributed by atoms with Crippen LogP contribution in [0.1, 0.15) is 25.3 Å². The maximum Gasteiger partial charge on any atom is 0.264 e. The van der Waals surface area contributed by atoms with E-state index in [1.54, 1.807) is 12.1 Å². The van der Waals surface area contributed by atoms with Gasteiger partial charge < -0.3 is 10.0 Å². The highest BCUT2D eigenvalue weighted by Crippen LogP contribution is 2.44. The van der Waals surface area contributed by atoms with E-state index in [1.807, 2.05) is 37.1 Å². The maximum atomic E-state index is 12.5. The van der Waals surface area contributed by atoms with E-state index in [4.69, 9.17) is 4.55 Å². The molecule has 0 saturated carbocycles. The monoisotopic (exact) mass is 340 g/mol. The SMILES string of the molecule is CC1=C(CCCS(=O)(=O)O)S/C(=C(/[O-])c2ccccc2)N1C. The molecule has 0 saturated heterocycles. The summed E-state index contributed by atoms with van der Waals surface area (Å²) >= 11 is 1.38. The lowest BCUT2D eigenvalue weighted by atomic mass is 10.2. The third kappa shape index (κ3) is 4.06. The van der Waals surface area contributed by atoms with Crippen molar-refractivity contribution in [1.82, 2.24) is 4.90 Å². The molecule has 7 heteroatoms. The minimum absolute atomic E-state index is 0.0442.